The summed E-state index contributed by atoms with van der Waals surface area (Å²) in [5.41, 5.74) is 0. The molecule has 0 aromatic rings. The van der Waals surface area contributed by atoms with Crippen molar-refractivity contribution < 1.29 is 21.9 Å². The molecular formula is C8H14N2O5S. The fourth-order valence-electron chi connectivity index (χ4n) is 2.70. The van der Waals surface area contributed by atoms with Crippen molar-refractivity contribution in [3.63, 3.8) is 0 Å². The maximum absolute atomic E-state index is 11.2. The lowest BCUT2D eigenvalue weighted by molar-refractivity contribution is -0.0726. The van der Waals surface area contributed by atoms with E-state index in [0.29, 0.717) is 13.1 Å². The molecule has 0 aromatic heterocycles. The summed E-state index contributed by atoms with van der Waals surface area (Å²) in [6, 6.07) is -0.0549. The van der Waals surface area contributed by atoms with Gasteiger partial charge in [0.1, 0.15) is 12.2 Å². The average molecular weight is 250 g/mol. The van der Waals surface area contributed by atoms with Gasteiger partial charge < -0.3 is 10.4 Å². The number of hydrogen-bond acceptors (Lipinski definition) is 7. The molecule has 3 rings (SSSR count). The van der Waals surface area contributed by atoms with Crippen LogP contribution in [0.3, 0.4) is 0 Å². The van der Waals surface area contributed by atoms with E-state index in [2.05, 4.69) is 5.32 Å². The Balaban J connectivity index is 1.91. The second-order valence-electron chi connectivity index (χ2n) is 4.45. The first-order chi connectivity index (χ1) is 7.48. The van der Waals surface area contributed by atoms with Gasteiger partial charge in [0.2, 0.25) is 0 Å². The van der Waals surface area contributed by atoms with Crippen molar-refractivity contribution in [2.45, 2.75) is 37.4 Å². The van der Waals surface area contributed by atoms with Crippen LogP contribution in [0.2, 0.25) is 0 Å². The molecule has 3 fully saturated rings. The molecule has 16 heavy (non-hydrogen) atoms. The number of nitrogens with one attached hydrogen (secondary N) is 1. The summed E-state index contributed by atoms with van der Waals surface area (Å²) < 4.78 is 32.1. The molecule has 5 unspecified atom stereocenters. The van der Waals surface area contributed by atoms with Gasteiger partial charge in [0.05, 0.1) is 18.3 Å². The summed E-state index contributed by atoms with van der Waals surface area (Å²) >= 11 is 0. The summed E-state index contributed by atoms with van der Waals surface area (Å²) in [5.74, 6) is 0. The van der Waals surface area contributed by atoms with Crippen LogP contribution in [-0.4, -0.2) is 62.0 Å². The molecule has 7 nitrogen and oxygen atoms in total. The smallest absolute Gasteiger partial charge is 0.389 e. The third-order valence-corrected chi connectivity index (χ3v) is 4.40. The normalized spacial score (nSPS) is 51.2. The predicted molar refractivity (Wildman–Crippen MR) is 52.6 cm³/mol. The molecule has 0 radical (unpaired) electrons. The summed E-state index contributed by atoms with van der Waals surface area (Å²) in [6.45, 7) is 3.02. The van der Waals surface area contributed by atoms with Gasteiger partial charge in [0.15, 0.2) is 0 Å². The fourth-order valence-corrected chi connectivity index (χ4v) is 3.77. The number of aliphatic hydroxyl groups excluding tert-OH is 1. The molecule has 0 aliphatic carbocycles. The highest BCUT2D eigenvalue weighted by Gasteiger charge is 2.55. The zero-order valence-electron chi connectivity index (χ0n) is 8.74. The first-order valence-corrected chi connectivity index (χ1v) is 6.60. The number of hydrogen-bond donors (Lipinski definition) is 2. The van der Waals surface area contributed by atoms with Crippen LogP contribution in [0, 0.1) is 0 Å². The van der Waals surface area contributed by atoms with Gasteiger partial charge in [-0.1, -0.05) is 0 Å². The quantitative estimate of drug-likeness (QED) is 0.514. The zero-order chi connectivity index (χ0) is 11.5. The molecule has 3 aliphatic rings. The number of nitrogens with zero attached hydrogens (tertiary/aromatic N) is 1. The predicted octanol–water partition coefficient (Wildman–Crippen LogP) is -1.99. The lowest BCUT2D eigenvalue weighted by atomic mass is 9.95. The van der Waals surface area contributed by atoms with E-state index in [1.807, 2.05) is 11.8 Å². The largest absolute Gasteiger partial charge is 0.400 e. The van der Waals surface area contributed by atoms with Crippen LogP contribution in [0.1, 0.15) is 6.92 Å². The van der Waals surface area contributed by atoms with Gasteiger partial charge in [-0.15, -0.1) is 0 Å². The maximum atomic E-state index is 11.2. The summed E-state index contributed by atoms with van der Waals surface area (Å²) in [7, 11) is -3.93. The van der Waals surface area contributed by atoms with E-state index < -0.39 is 28.7 Å². The molecular weight excluding hydrogens is 236 g/mol. The van der Waals surface area contributed by atoms with E-state index in [9.17, 15) is 13.5 Å². The van der Waals surface area contributed by atoms with Crippen molar-refractivity contribution in [2.24, 2.45) is 0 Å². The van der Waals surface area contributed by atoms with Crippen LogP contribution in [-0.2, 0) is 18.8 Å². The summed E-state index contributed by atoms with van der Waals surface area (Å²) in [6.07, 6.45) is -2.09. The average Bonchev–Trinajstić information content (AvgIpc) is 2.68. The minimum Gasteiger partial charge on any atom is -0.389 e. The van der Waals surface area contributed by atoms with Crippen LogP contribution in [0.4, 0.5) is 0 Å². The Kier molecular flexibility index (Phi) is 2.29. The minimum atomic E-state index is -3.93. The molecule has 0 spiro atoms. The number of rotatable bonds is 0. The highest BCUT2D eigenvalue weighted by molar-refractivity contribution is 7.82. The Morgan fingerprint density at radius 2 is 2.06 bits per heavy atom. The summed E-state index contributed by atoms with van der Waals surface area (Å²) in [4.78, 5) is 2.01. The van der Waals surface area contributed by atoms with Gasteiger partial charge in [-0.05, 0) is 6.92 Å². The van der Waals surface area contributed by atoms with Gasteiger partial charge in [0, 0.05) is 13.1 Å². The maximum Gasteiger partial charge on any atom is 0.400 e. The van der Waals surface area contributed by atoms with Crippen LogP contribution in [0.15, 0.2) is 0 Å². The highest BCUT2D eigenvalue weighted by Crippen LogP contribution is 2.34. The molecule has 3 heterocycles. The number of piperidine rings is 1. The van der Waals surface area contributed by atoms with E-state index in [0.717, 1.165) is 0 Å². The van der Waals surface area contributed by atoms with Gasteiger partial charge in [0.25, 0.3) is 0 Å². The highest BCUT2D eigenvalue weighted by atomic mass is 32.3. The van der Waals surface area contributed by atoms with Crippen molar-refractivity contribution >= 4 is 10.4 Å². The molecule has 8 heteroatoms. The summed E-state index contributed by atoms with van der Waals surface area (Å²) in [5, 5.41) is 13.0. The number of aliphatic hydroxyl groups is 1. The Bertz CT molecular complexity index is 399. The third-order valence-electron chi connectivity index (χ3n) is 3.48. The van der Waals surface area contributed by atoms with E-state index in [1.54, 1.807) is 0 Å². The van der Waals surface area contributed by atoms with E-state index in [1.165, 1.54) is 0 Å². The molecule has 92 valence electrons. The van der Waals surface area contributed by atoms with Crippen molar-refractivity contribution in [2.75, 3.05) is 13.1 Å². The fraction of sp³-hybridized carbons (Fsp3) is 1.00. The van der Waals surface area contributed by atoms with Gasteiger partial charge in [-0.25, -0.2) is 8.37 Å². The lowest BCUT2D eigenvalue weighted by Gasteiger charge is -2.39. The molecule has 0 bridgehead atoms. The molecule has 5 atom stereocenters. The molecule has 3 aliphatic heterocycles. The van der Waals surface area contributed by atoms with E-state index in [-0.39, 0.29) is 12.2 Å². The molecule has 0 amide bonds. The van der Waals surface area contributed by atoms with E-state index >= 15 is 0 Å². The van der Waals surface area contributed by atoms with Gasteiger partial charge in [-0.2, -0.15) is 8.42 Å². The first-order valence-electron chi connectivity index (χ1n) is 5.26. The number of fused-ring (bicyclic) bond motifs is 3. The second kappa shape index (κ2) is 3.37. The Morgan fingerprint density at radius 3 is 2.81 bits per heavy atom. The second-order valence-corrected chi connectivity index (χ2v) is 5.65. The van der Waals surface area contributed by atoms with Crippen molar-refractivity contribution in [1.29, 1.82) is 0 Å². The van der Waals surface area contributed by atoms with Crippen LogP contribution in [0.25, 0.3) is 0 Å². The first kappa shape index (κ1) is 10.9. The zero-order valence-corrected chi connectivity index (χ0v) is 9.55. The minimum absolute atomic E-state index is 0.0549. The third kappa shape index (κ3) is 1.49. The standard InChI is InChI=1S/C8H14N2O5S/c1-4-9-2-5-7-8(6(11)3-10(4)5)15-16(12,13)14-7/h4-9,11H,2-3H2,1H3. The molecule has 0 aromatic carbocycles. The van der Waals surface area contributed by atoms with Crippen molar-refractivity contribution in [1.82, 2.24) is 10.2 Å². The Labute approximate surface area is 93.7 Å². The van der Waals surface area contributed by atoms with Gasteiger partial charge in [-0.3, -0.25) is 4.90 Å². The monoisotopic (exact) mass is 250 g/mol. The molecule has 3 saturated heterocycles. The van der Waals surface area contributed by atoms with Crippen LogP contribution in [0.5, 0.6) is 0 Å². The van der Waals surface area contributed by atoms with Gasteiger partial charge >= 0.3 is 10.4 Å². The topological polar surface area (TPSA) is 88.1 Å². The van der Waals surface area contributed by atoms with Crippen LogP contribution < -0.4 is 5.32 Å². The molecule has 2 N–H and O–H groups in total. The van der Waals surface area contributed by atoms with Crippen molar-refractivity contribution in [3.8, 4) is 0 Å². The van der Waals surface area contributed by atoms with Crippen LogP contribution >= 0.6 is 0 Å². The van der Waals surface area contributed by atoms with Crippen molar-refractivity contribution in [3.05, 3.63) is 0 Å². The lowest BCUT2D eigenvalue weighted by Crippen LogP contribution is -2.59. The Morgan fingerprint density at radius 1 is 1.38 bits per heavy atom. The Hall–Kier alpha value is -0.250. The van der Waals surface area contributed by atoms with E-state index in [4.69, 9.17) is 8.37 Å². The SMILES string of the molecule is CC1NCC2C3OS(=O)(=O)OC3C(O)CN12. The molecule has 0 saturated carbocycles.